The Morgan fingerprint density at radius 3 is 2.91 bits per heavy atom. The second-order valence-electron chi connectivity index (χ2n) is 6.01. The van der Waals surface area contributed by atoms with Crippen molar-refractivity contribution in [3.05, 3.63) is 29.8 Å². The maximum absolute atomic E-state index is 12.8. The van der Waals surface area contributed by atoms with Gasteiger partial charge in [0.15, 0.2) is 0 Å². The van der Waals surface area contributed by atoms with Gasteiger partial charge < -0.3 is 19.9 Å². The van der Waals surface area contributed by atoms with E-state index in [0.717, 1.165) is 32.5 Å². The van der Waals surface area contributed by atoms with Crippen molar-refractivity contribution in [2.24, 2.45) is 0 Å². The molecule has 0 saturated carbocycles. The molecular formula is C17H23N3O3. The highest BCUT2D eigenvalue weighted by molar-refractivity contribution is 5.97. The molecule has 1 N–H and O–H groups in total. The molecule has 3 rings (SSSR count). The molecule has 0 bridgehead atoms. The Morgan fingerprint density at radius 2 is 2.13 bits per heavy atom. The van der Waals surface area contributed by atoms with E-state index in [-0.39, 0.29) is 17.9 Å². The second kappa shape index (κ2) is 7.00. The maximum Gasteiger partial charge on any atom is 0.257 e. The van der Waals surface area contributed by atoms with E-state index in [1.54, 1.807) is 19.2 Å². The van der Waals surface area contributed by atoms with Gasteiger partial charge in [-0.25, -0.2) is 0 Å². The number of para-hydroxylation sites is 1. The highest BCUT2D eigenvalue weighted by Crippen LogP contribution is 2.23. The first-order chi connectivity index (χ1) is 11.2. The molecule has 124 valence electrons. The fourth-order valence-corrected chi connectivity index (χ4v) is 3.39. The van der Waals surface area contributed by atoms with E-state index >= 15 is 0 Å². The van der Waals surface area contributed by atoms with Crippen LogP contribution in [0.25, 0.3) is 0 Å². The molecule has 0 spiro atoms. The first-order valence-electron chi connectivity index (χ1n) is 8.13. The number of ether oxygens (including phenoxy) is 1. The van der Waals surface area contributed by atoms with Crippen LogP contribution < -0.4 is 10.1 Å². The molecular weight excluding hydrogens is 294 g/mol. The Morgan fingerprint density at radius 1 is 1.30 bits per heavy atom. The van der Waals surface area contributed by atoms with Gasteiger partial charge in [-0.15, -0.1) is 0 Å². The van der Waals surface area contributed by atoms with Crippen molar-refractivity contribution in [2.45, 2.75) is 18.9 Å². The molecule has 1 aromatic rings. The van der Waals surface area contributed by atoms with Gasteiger partial charge in [0.1, 0.15) is 5.75 Å². The van der Waals surface area contributed by atoms with Crippen molar-refractivity contribution in [2.75, 3.05) is 39.8 Å². The average molecular weight is 317 g/mol. The van der Waals surface area contributed by atoms with E-state index in [4.69, 9.17) is 4.74 Å². The molecule has 6 nitrogen and oxygen atoms in total. The zero-order valence-electron chi connectivity index (χ0n) is 13.5. The van der Waals surface area contributed by atoms with Gasteiger partial charge in [0.2, 0.25) is 5.91 Å². The highest BCUT2D eigenvalue weighted by Gasteiger charge is 2.32. The quantitative estimate of drug-likeness (QED) is 0.893. The molecule has 1 atom stereocenters. The monoisotopic (exact) mass is 317 g/mol. The van der Waals surface area contributed by atoms with Gasteiger partial charge >= 0.3 is 0 Å². The number of carbonyl (C=O) groups excluding carboxylic acids is 2. The molecule has 1 unspecified atom stereocenters. The highest BCUT2D eigenvalue weighted by atomic mass is 16.5. The third kappa shape index (κ3) is 3.32. The SMILES string of the molecule is COc1ccccc1C(=O)N1CCCC(N2CCNCC2=O)C1. The summed E-state index contributed by atoms with van der Waals surface area (Å²) in [5.41, 5.74) is 0.585. The summed E-state index contributed by atoms with van der Waals surface area (Å²) in [6, 6.07) is 7.41. The number of methoxy groups -OCH3 is 1. The molecule has 23 heavy (non-hydrogen) atoms. The Hall–Kier alpha value is -2.08. The number of amides is 2. The third-order valence-electron chi connectivity index (χ3n) is 4.59. The van der Waals surface area contributed by atoms with Crippen LogP contribution >= 0.6 is 0 Å². The predicted octanol–water partition coefficient (Wildman–Crippen LogP) is 0.732. The number of benzene rings is 1. The van der Waals surface area contributed by atoms with Gasteiger partial charge in [0.25, 0.3) is 5.91 Å². The summed E-state index contributed by atoms with van der Waals surface area (Å²) in [4.78, 5) is 28.7. The van der Waals surface area contributed by atoms with Crippen LogP contribution in [0.5, 0.6) is 5.75 Å². The van der Waals surface area contributed by atoms with Crippen LogP contribution in [0.4, 0.5) is 0 Å². The van der Waals surface area contributed by atoms with Crippen LogP contribution in [0.15, 0.2) is 24.3 Å². The van der Waals surface area contributed by atoms with Crippen LogP contribution in [-0.2, 0) is 4.79 Å². The molecule has 2 fully saturated rings. The van der Waals surface area contributed by atoms with Gasteiger partial charge in [-0.3, -0.25) is 9.59 Å². The van der Waals surface area contributed by atoms with Crippen LogP contribution in [0, 0.1) is 0 Å². The van der Waals surface area contributed by atoms with Crippen LogP contribution in [-0.4, -0.2) is 67.5 Å². The zero-order valence-corrected chi connectivity index (χ0v) is 13.5. The van der Waals surface area contributed by atoms with Gasteiger partial charge in [0.05, 0.1) is 19.2 Å². The Balaban J connectivity index is 1.73. The third-order valence-corrected chi connectivity index (χ3v) is 4.59. The van der Waals surface area contributed by atoms with Crippen molar-refractivity contribution in [3.63, 3.8) is 0 Å². The molecule has 0 aromatic heterocycles. The number of rotatable bonds is 3. The number of piperazine rings is 1. The van der Waals surface area contributed by atoms with E-state index in [2.05, 4.69) is 5.32 Å². The number of nitrogens with one attached hydrogen (secondary N) is 1. The Bertz CT molecular complexity index is 590. The van der Waals surface area contributed by atoms with E-state index in [1.165, 1.54) is 0 Å². The van der Waals surface area contributed by atoms with Crippen LogP contribution in [0.2, 0.25) is 0 Å². The lowest BCUT2D eigenvalue weighted by Crippen LogP contribution is -2.57. The van der Waals surface area contributed by atoms with E-state index in [1.807, 2.05) is 21.9 Å². The molecule has 2 saturated heterocycles. The van der Waals surface area contributed by atoms with Gasteiger partial charge in [0, 0.05) is 32.2 Å². The first-order valence-corrected chi connectivity index (χ1v) is 8.13. The topological polar surface area (TPSA) is 61.9 Å². The number of likely N-dealkylation sites (tertiary alicyclic amines) is 1. The second-order valence-corrected chi connectivity index (χ2v) is 6.01. The Kier molecular flexibility index (Phi) is 4.81. The number of hydrogen-bond acceptors (Lipinski definition) is 4. The van der Waals surface area contributed by atoms with Gasteiger partial charge in [-0.05, 0) is 25.0 Å². The van der Waals surface area contributed by atoms with Crippen molar-refractivity contribution in [1.29, 1.82) is 0 Å². The molecule has 2 heterocycles. The zero-order chi connectivity index (χ0) is 16.2. The minimum absolute atomic E-state index is 0.0188. The molecule has 2 aliphatic rings. The smallest absolute Gasteiger partial charge is 0.257 e. The minimum atomic E-state index is -0.0188. The molecule has 2 aliphatic heterocycles. The number of piperidine rings is 1. The van der Waals surface area contributed by atoms with E-state index in [9.17, 15) is 9.59 Å². The standard InChI is InChI=1S/C17H23N3O3/c1-23-15-7-3-2-6-14(15)17(22)19-9-4-5-13(12-19)20-10-8-18-11-16(20)21/h2-3,6-7,13,18H,4-5,8-12H2,1H3. The molecule has 6 heteroatoms. The van der Waals surface area contributed by atoms with Crippen LogP contribution in [0.3, 0.4) is 0 Å². The van der Waals surface area contributed by atoms with Crippen molar-refractivity contribution >= 4 is 11.8 Å². The number of nitrogens with zero attached hydrogens (tertiary/aromatic N) is 2. The van der Waals surface area contributed by atoms with Crippen LogP contribution in [0.1, 0.15) is 23.2 Å². The van der Waals surface area contributed by atoms with E-state index in [0.29, 0.717) is 24.4 Å². The molecule has 2 amide bonds. The number of hydrogen-bond donors (Lipinski definition) is 1. The predicted molar refractivity (Wildman–Crippen MR) is 86.5 cm³/mol. The van der Waals surface area contributed by atoms with Crippen molar-refractivity contribution in [3.8, 4) is 5.75 Å². The summed E-state index contributed by atoms with van der Waals surface area (Å²) in [6.45, 7) is 3.27. The van der Waals surface area contributed by atoms with Crippen molar-refractivity contribution in [1.82, 2.24) is 15.1 Å². The van der Waals surface area contributed by atoms with Crippen molar-refractivity contribution < 1.29 is 14.3 Å². The normalized spacial score (nSPS) is 22.1. The summed E-state index contributed by atoms with van der Waals surface area (Å²) in [7, 11) is 1.57. The fraction of sp³-hybridized carbons (Fsp3) is 0.529. The summed E-state index contributed by atoms with van der Waals surface area (Å²) in [5, 5.41) is 3.09. The van der Waals surface area contributed by atoms with Gasteiger partial charge in [-0.1, -0.05) is 12.1 Å². The number of carbonyl (C=O) groups is 2. The largest absolute Gasteiger partial charge is 0.496 e. The maximum atomic E-state index is 12.8. The molecule has 1 aromatic carbocycles. The lowest BCUT2D eigenvalue weighted by Gasteiger charge is -2.41. The summed E-state index contributed by atoms with van der Waals surface area (Å²) >= 11 is 0. The first kappa shape index (κ1) is 15.8. The summed E-state index contributed by atoms with van der Waals surface area (Å²) in [6.07, 6.45) is 1.88. The summed E-state index contributed by atoms with van der Waals surface area (Å²) < 4.78 is 5.30. The summed E-state index contributed by atoms with van der Waals surface area (Å²) in [5.74, 6) is 0.709. The lowest BCUT2D eigenvalue weighted by atomic mass is 10.0. The van der Waals surface area contributed by atoms with E-state index < -0.39 is 0 Å². The fourth-order valence-electron chi connectivity index (χ4n) is 3.39. The molecule has 0 aliphatic carbocycles. The average Bonchev–Trinajstić information content (AvgIpc) is 2.61. The van der Waals surface area contributed by atoms with Gasteiger partial charge in [-0.2, -0.15) is 0 Å². The molecule has 0 radical (unpaired) electrons. The minimum Gasteiger partial charge on any atom is -0.496 e. The lowest BCUT2D eigenvalue weighted by molar-refractivity contribution is -0.135. The Labute approximate surface area is 136 Å².